The van der Waals surface area contributed by atoms with Crippen LogP contribution in [0.2, 0.25) is 0 Å². The van der Waals surface area contributed by atoms with Crippen molar-refractivity contribution in [1.29, 1.82) is 0 Å². The Kier molecular flexibility index (Phi) is 2.73. The van der Waals surface area contributed by atoms with Crippen LogP contribution in [-0.2, 0) is 12.8 Å². The highest BCUT2D eigenvalue weighted by Gasteiger charge is 2.17. The maximum atomic E-state index is 5.23. The van der Waals surface area contributed by atoms with Crippen LogP contribution in [0.25, 0.3) is 0 Å². The predicted octanol–water partition coefficient (Wildman–Crippen LogP) is 1.77. The Hall–Kier alpha value is -1.02. The van der Waals surface area contributed by atoms with Crippen LogP contribution in [0, 0.1) is 0 Å². The standard InChI is InChI=1S/C12H17NO/c1-13-11-5-3-9-4-6-12(14-2)8-10(9)7-11/h4,6,8,11,13H,3,5,7H2,1-2H3/t11-/m1/s1. The molecule has 0 radical (unpaired) electrons. The molecule has 0 saturated heterocycles. The third kappa shape index (κ3) is 1.75. The average molecular weight is 191 g/mol. The van der Waals surface area contributed by atoms with Crippen LogP contribution in [0.3, 0.4) is 0 Å². The van der Waals surface area contributed by atoms with Crippen molar-refractivity contribution in [2.24, 2.45) is 0 Å². The topological polar surface area (TPSA) is 21.3 Å². The number of nitrogens with one attached hydrogen (secondary N) is 1. The highest BCUT2D eigenvalue weighted by Crippen LogP contribution is 2.25. The highest BCUT2D eigenvalue weighted by molar-refractivity contribution is 5.37. The largest absolute Gasteiger partial charge is 0.497 e. The number of fused-ring (bicyclic) bond motifs is 1. The van der Waals surface area contributed by atoms with Crippen LogP contribution in [0.1, 0.15) is 17.5 Å². The van der Waals surface area contributed by atoms with E-state index in [1.165, 1.54) is 24.0 Å². The molecule has 0 aromatic heterocycles. The Morgan fingerprint density at radius 2 is 2.21 bits per heavy atom. The van der Waals surface area contributed by atoms with Crippen molar-refractivity contribution in [3.8, 4) is 5.75 Å². The van der Waals surface area contributed by atoms with E-state index >= 15 is 0 Å². The van der Waals surface area contributed by atoms with Crippen LogP contribution in [0.15, 0.2) is 18.2 Å². The summed E-state index contributed by atoms with van der Waals surface area (Å²) in [5.41, 5.74) is 2.92. The van der Waals surface area contributed by atoms with Crippen LogP contribution >= 0.6 is 0 Å². The molecule has 0 aliphatic heterocycles. The van der Waals surface area contributed by atoms with Gasteiger partial charge in [-0.15, -0.1) is 0 Å². The van der Waals surface area contributed by atoms with E-state index in [2.05, 4.69) is 23.5 Å². The average Bonchev–Trinajstić information content (AvgIpc) is 2.27. The molecule has 0 unspecified atom stereocenters. The number of methoxy groups -OCH3 is 1. The second kappa shape index (κ2) is 4.01. The van der Waals surface area contributed by atoms with E-state index in [4.69, 9.17) is 4.74 Å². The highest BCUT2D eigenvalue weighted by atomic mass is 16.5. The van der Waals surface area contributed by atoms with Gasteiger partial charge in [-0.05, 0) is 49.6 Å². The lowest BCUT2D eigenvalue weighted by Crippen LogP contribution is -2.31. The summed E-state index contributed by atoms with van der Waals surface area (Å²) in [5.74, 6) is 0.973. The first-order chi connectivity index (χ1) is 6.83. The van der Waals surface area contributed by atoms with Crippen LogP contribution in [0.4, 0.5) is 0 Å². The van der Waals surface area contributed by atoms with Gasteiger partial charge in [-0.1, -0.05) is 6.07 Å². The normalized spacial score (nSPS) is 20.3. The summed E-state index contributed by atoms with van der Waals surface area (Å²) in [5, 5.41) is 3.34. The molecule has 0 bridgehead atoms. The minimum absolute atomic E-state index is 0.634. The second-order valence-corrected chi connectivity index (χ2v) is 3.86. The molecular formula is C12H17NO. The minimum Gasteiger partial charge on any atom is -0.497 e. The SMILES string of the molecule is CN[C@@H]1CCc2ccc(OC)cc2C1. The molecule has 0 spiro atoms. The zero-order valence-electron chi connectivity index (χ0n) is 8.84. The van der Waals surface area contributed by atoms with E-state index in [0.717, 1.165) is 12.2 Å². The monoisotopic (exact) mass is 191 g/mol. The first-order valence-corrected chi connectivity index (χ1v) is 5.16. The van der Waals surface area contributed by atoms with Gasteiger partial charge in [-0.3, -0.25) is 0 Å². The molecule has 76 valence electrons. The molecule has 1 aliphatic carbocycles. The Bertz CT molecular complexity index is 322. The van der Waals surface area contributed by atoms with Crippen LogP contribution in [-0.4, -0.2) is 20.2 Å². The molecule has 2 rings (SSSR count). The minimum atomic E-state index is 0.634. The fourth-order valence-corrected chi connectivity index (χ4v) is 2.11. The summed E-state index contributed by atoms with van der Waals surface area (Å²) in [6, 6.07) is 7.05. The molecule has 0 fully saturated rings. The van der Waals surface area contributed by atoms with Crippen molar-refractivity contribution >= 4 is 0 Å². The van der Waals surface area contributed by atoms with Gasteiger partial charge in [0.15, 0.2) is 0 Å². The fraction of sp³-hybridized carbons (Fsp3) is 0.500. The number of rotatable bonds is 2. The Morgan fingerprint density at radius 1 is 1.36 bits per heavy atom. The summed E-state index contributed by atoms with van der Waals surface area (Å²) in [6.45, 7) is 0. The number of ether oxygens (including phenoxy) is 1. The van der Waals surface area contributed by atoms with Crippen molar-refractivity contribution in [3.05, 3.63) is 29.3 Å². The van der Waals surface area contributed by atoms with Gasteiger partial charge in [0.1, 0.15) is 5.75 Å². The van der Waals surface area contributed by atoms with E-state index in [1.54, 1.807) is 7.11 Å². The Balaban J connectivity index is 2.25. The molecule has 0 saturated carbocycles. The maximum Gasteiger partial charge on any atom is 0.119 e. The molecule has 1 N–H and O–H groups in total. The quantitative estimate of drug-likeness (QED) is 0.769. The van der Waals surface area contributed by atoms with Gasteiger partial charge in [0.05, 0.1) is 7.11 Å². The summed E-state index contributed by atoms with van der Waals surface area (Å²) in [6.07, 6.45) is 3.56. The second-order valence-electron chi connectivity index (χ2n) is 3.86. The molecular weight excluding hydrogens is 174 g/mol. The predicted molar refractivity (Wildman–Crippen MR) is 57.9 cm³/mol. The van der Waals surface area contributed by atoms with Crippen molar-refractivity contribution in [1.82, 2.24) is 5.32 Å². The lowest BCUT2D eigenvalue weighted by molar-refractivity contribution is 0.412. The van der Waals surface area contributed by atoms with Gasteiger partial charge in [-0.2, -0.15) is 0 Å². The third-order valence-corrected chi connectivity index (χ3v) is 3.05. The molecule has 14 heavy (non-hydrogen) atoms. The first kappa shape index (κ1) is 9.53. The van der Waals surface area contributed by atoms with Gasteiger partial charge in [0, 0.05) is 6.04 Å². The van der Waals surface area contributed by atoms with Crippen molar-refractivity contribution in [2.75, 3.05) is 14.2 Å². The van der Waals surface area contributed by atoms with E-state index in [0.29, 0.717) is 6.04 Å². The summed E-state index contributed by atoms with van der Waals surface area (Å²) >= 11 is 0. The third-order valence-electron chi connectivity index (χ3n) is 3.05. The lowest BCUT2D eigenvalue weighted by atomic mass is 9.88. The van der Waals surface area contributed by atoms with Crippen LogP contribution < -0.4 is 10.1 Å². The number of aryl methyl sites for hydroxylation is 1. The van der Waals surface area contributed by atoms with E-state index in [1.807, 2.05) is 7.05 Å². The zero-order valence-corrected chi connectivity index (χ0v) is 8.84. The molecule has 2 heteroatoms. The number of hydrogen-bond acceptors (Lipinski definition) is 2. The number of hydrogen-bond donors (Lipinski definition) is 1. The zero-order chi connectivity index (χ0) is 9.97. The lowest BCUT2D eigenvalue weighted by Gasteiger charge is -2.24. The van der Waals surface area contributed by atoms with Gasteiger partial charge < -0.3 is 10.1 Å². The molecule has 1 aromatic carbocycles. The molecule has 1 atom stereocenters. The Labute approximate surface area is 85.3 Å². The van der Waals surface area contributed by atoms with Gasteiger partial charge >= 0.3 is 0 Å². The molecule has 0 heterocycles. The van der Waals surface area contributed by atoms with E-state index in [-0.39, 0.29) is 0 Å². The van der Waals surface area contributed by atoms with E-state index < -0.39 is 0 Å². The molecule has 1 aliphatic rings. The van der Waals surface area contributed by atoms with Gasteiger partial charge in [0.25, 0.3) is 0 Å². The molecule has 1 aromatic rings. The van der Waals surface area contributed by atoms with Gasteiger partial charge in [-0.25, -0.2) is 0 Å². The smallest absolute Gasteiger partial charge is 0.119 e. The van der Waals surface area contributed by atoms with Crippen LogP contribution in [0.5, 0.6) is 5.75 Å². The summed E-state index contributed by atoms with van der Waals surface area (Å²) < 4.78 is 5.23. The number of benzene rings is 1. The summed E-state index contributed by atoms with van der Waals surface area (Å²) in [7, 11) is 3.76. The van der Waals surface area contributed by atoms with Gasteiger partial charge in [0.2, 0.25) is 0 Å². The fourth-order valence-electron chi connectivity index (χ4n) is 2.11. The van der Waals surface area contributed by atoms with Crippen molar-refractivity contribution in [3.63, 3.8) is 0 Å². The maximum absolute atomic E-state index is 5.23. The molecule has 0 amide bonds. The van der Waals surface area contributed by atoms with Crippen molar-refractivity contribution < 1.29 is 4.74 Å². The molecule has 2 nitrogen and oxygen atoms in total. The number of likely N-dealkylation sites (N-methyl/N-ethyl adjacent to an activating group) is 1. The summed E-state index contributed by atoms with van der Waals surface area (Å²) in [4.78, 5) is 0. The van der Waals surface area contributed by atoms with Crippen molar-refractivity contribution in [2.45, 2.75) is 25.3 Å². The van der Waals surface area contributed by atoms with E-state index in [9.17, 15) is 0 Å². The Morgan fingerprint density at radius 3 is 2.93 bits per heavy atom. The first-order valence-electron chi connectivity index (χ1n) is 5.16.